The van der Waals surface area contributed by atoms with E-state index in [1.165, 1.54) is 4.68 Å². The lowest BCUT2D eigenvalue weighted by atomic mass is 10.1. The third-order valence-corrected chi connectivity index (χ3v) is 4.03. The van der Waals surface area contributed by atoms with Gasteiger partial charge in [-0.05, 0) is 12.8 Å². The van der Waals surface area contributed by atoms with Crippen LogP contribution in [0.5, 0.6) is 0 Å². The zero-order valence-electron chi connectivity index (χ0n) is 11.5. The van der Waals surface area contributed by atoms with E-state index in [-0.39, 0.29) is 22.6 Å². The van der Waals surface area contributed by atoms with Crippen LogP contribution in [0.15, 0.2) is 11.0 Å². The van der Waals surface area contributed by atoms with Gasteiger partial charge in [-0.3, -0.25) is 4.79 Å². The number of ether oxygens (including phenoxy) is 1. The van der Waals surface area contributed by atoms with E-state index in [0.717, 1.165) is 19.3 Å². The Balaban J connectivity index is 2.01. The maximum atomic E-state index is 12.0. The third-order valence-electron chi connectivity index (χ3n) is 3.67. The first-order chi connectivity index (χ1) is 9.63. The molecule has 2 atom stereocenters. The summed E-state index contributed by atoms with van der Waals surface area (Å²) < 4.78 is 6.19. The van der Waals surface area contributed by atoms with Crippen molar-refractivity contribution >= 4 is 17.3 Å². The van der Waals surface area contributed by atoms with E-state index in [4.69, 9.17) is 16.3 Å². The third kappa shape index (κ3) is 3.50. The number of aliphatic hydroxyl groups is 1. The minimum atomic E-state index is -0.333. The van der Waals surface area contributed by atoms with E-state index >= 15 is 0 Å². The highest BCUT2D eigenvalue weighted by Crippen LogP contribution is 2.26. The van der Waals surface area contributed by atoms with Crippen LogP contribution in [0.4, 0.5) is 5.69 Å². The Hall–Kier alpha value is -1.11. The second-order valence-electron chi connectivity index (χ2n) is 5.03. The monoisotopic (exact) mass is 301 g/mol. The molecule has 0 radical (unpaired) electrons. The molecule has 0 aromatic carbocycles. The van der Waals surface area contributed by atoms with Crippen LogP contribution in [0.2, 0.25) is 5.02 Å². The summed E-state index contributed by atoms with van der Waals surface area (Å²) in [5.41, 5.74) is 0.185. The zero-order chi connectivity index (χ0) is 14.5. The topological polar surface area (TPSA) is 76.4 Å². The van der Waals surface area contributed by atoms with Crippen molar-refractivity contribution in [2.24, 2.45) is 5.92 Å². The summed E-state index contributed by atoms with van der Waals surface area (Å²) in [4.78, 5) is 12.0. The Morgan fingerprint density at radius 3 is 3.05 bits per heavy atom. The number of aliphatic hydroxyl groups excluding tert-OH is 1. The molecule has 1 fully saturated rings. The highest BCUT2D eigenvalue weighted by Gasteiger charge is 2.25. The van der Waals surface area contributed by atoms with Gasteiger partial charge in [0, 0.05) is 19.6 Å². The van der Waals surface area contributed by atoms with Crippen LogP contribution in [-0.2, 0) is 11.3 Å². The lowest BCUT2D eigenvalue weighted by Gasteiger charge is -2.16. The molecule has 2 N–H and O–H groups in total. The molecule has 1 aliphatic rings. The van der Waals surface area contributed by atoms with Crippen LogP contribution >= 0.6 is 11.6 Å². The molecule has 1 saturated carbocycles. The molecule has 20 heavy (non-hydrogen) atoms. The smallest absolute Gasteiger partial charge is 0.287 e. The fourth-order valence-corrected chi connectivity index (χ4v) is 2.63. The molecular weight excluding hydrogens is 282 g/mol. The predicted octanol–water partition coefficient (Wildman–Crippen LogP) is 1.12. The second kappa shape index (κ2) is 7.06. The van der Waals surface area contributed by atoms with E-state index in [2.05, 4.69) is 10.4 Å². The maximum Gasteiger partial charge on any atom is 0.287 e. The Kier molecular flexibility index (Phi) is 5.39. The van der Waals surface area contributed by atoms with Gasteiger partial charge in [0.25, 0.3) is 5.56 Å². The molecule has 0 saturated heterocycles. The van der Waals surface area contributed by atoms with Gasteiger partial charge >= 0.3 is 0 Å². The van der Waals surface area contributed by atoms with E-state index in [1.807, 2.05) is 0 Å². The molecule has 6 nitrogen and oxygen atoms in total. The molecule has 0 amide bonds. The quantitative estimate of drug-likeness (QED) is 0.823. The Labute approximate surface area is 122 Å². The van der Waals surface area contributed by atoms with Crippen molar-refractivity contribution in [3.63, 3.8) is 0 Å². The average Bonchev–Trinajstić information content (AvgIpc) is 2.85. The van der Waals surface area contributed by atoms with Gasteiger partial charge in [-0.2, -0.15) is 5.10 Å². The first-order valence-electron chi connectivity index (χ1n) is 6.80. The minimum Gasteiger partial charge on any atom is -0.393 e. The van der Waals surface area contributed by atoms with Crippen molar-refractivity contribution in [3.8, 4) is 0 Å². The first kappa shape index (κ1) is 15.3. The van der Waals surface area contributed by atoms with Gasteiger partial charge in [0.2, 0.25) is 0 Å². The van der Waals surface area contributed by atoms with Gasteiger partial charge in [0.1, 0.15) is 5.02 Å². The summed E-state index contributed by atoms with van der Waals surface area (Å²) in [5.74, 6) is 0.210. The van der Waals surface area contributed by atoms with E-state index < -0.39 is 0 Å². The van der Waals surface area contributed by atoms with Crippen molar-refractivity contribution in [1.29, 1.82) is 0 Å². The highest BCUT2D eigenvalue weighted by atomic mass is 35.5. The molecule has 1 aliphatic carbocycles. The predicted molar refractivity (Wildman–Crippen MR) is 77.2 cm³/mol. The van der Waals surface area contributed by atoms with Crippen LogP contribution in [0.25, 0.3) is 0 Å². The Bertz CT molecular complexity index is 506. The number of nitrogens with one attached hydrogen (secondary N) is 1. The minimum absolute atomic E-state index is 0.128. The first-order valence-corrected chi connectivity index (χ1v) is 7.17. The Morgan fingerprint density at radius 1 is 1.60 bits per heavy atom. The summed E-state index contributed by atoms with van der Waals surface area (Å²) in [6, 6.07) is 0. The zero-order valence-corrected chi connectivity index (χ0v) is 12.3. The van der Waals surface area contributed by atoms with Crippen LogP contribution < -0.4 is 10.9 Å². The van der Waals surface area contributed by atoms with Crippen molar-refractivity contribution in [1.82, 2.24) is 9.78 Å². The molecule has 1 aromatic heterocycles. The average molecular weight is 302 g/mol. The summed E-state index contributed by atoms with van der Waals surface area (Å²) >= 11 is 6.06. The van der Waals surface area contributed by atoms with Gasteiger partial charge in [-0.25, -0.2) is 4.68 Å². The number of aromatic nitrogens is 2. The van der Waals surface area contributed by atoms with Crippen molar-refractivity contribution in [2.45, 2.75) is 31.9 Å². The number of hydrogen-bond acceptors (Lipinski definition) is 5. The van der Waals surface area contributed by atoms with Gasteiger partial charge in [-0.15, -0.1) is 0 Å². The number of anilines is 1. The standard InChI is InChI=1S/C13H20ClN3O3/c1-20-6-5-17-13(19)12(14)10(8-16-17)15-7-9-3-2-4-11(9)18/h8-9,11,15,18H,2-7H2,1H3. The van der Waals surface area contributed by atoms with Gasteiger partial charge < -0.3 is 15.2 Å². The van der Waals surface area contributed by atoms with Crippen LogP contribution in [0.1, 0.15) is 19.3 Å². The SMILES string of the molecule is COCCn1ncc(NCC2CCCC2O)c(Cl)c1=O. The summed E-state index contributed by atoms with van der Waals surface area (Å²) in [6.45, 7) is 1.38. The Morgan fingerprint density at radius 2 is 2.40 bits per heavy atom. The summed E-state index contributed by atoms with van der Waals surface area (Å²) in [5, 5.41) is 17.1. The van der Waals surface area contributed by atoms with Crippen molar-refractivity contribution in [3.05, 3.63) is 21.6 Å². The summed E-state index contributed by atoms with van der Waals surface area (Å²) in [7, 11) is 1.56. The summed E-state index contributed by atoms with van der Waals surface area (Å²) in [6.07, 6.45) is 4.15. The second-order valence-corrected chi connectivity index (χ2v) is 5.41. The fraction of sp³-hybridized carbons (Fsp3) is 0.692. The van der Waals surface area contributed by atoms with Gasteiger partial charge in [-0.1, -0.05) is 18.0 Å². The van der Waals surface area contributed by atoms with Gasteiger partial charge in [0.15, 0.2) is 0 Å². The highest BCUT2D eigenvalue weighted by molar-refractivity contribution is 6.32. The van der Waals surface area contributed by atoms with E-state index in [1.54, 1.807) is 13.3 Å². The van der Waals surface area contributed by atoms with E-state index in [0.29, 0.717) is 25.4 Å². The lowest BCUT2D eigenvalue weighted by molar-refractivity contribution is 0.138. The van der Waals surface area contributed by atoms with Crippen LogP contribution in [-0.4, -0.2) is 41.3 Å². The number of rotatable bonds is 6. The number of nitrogens with zero attached hydrogens (tertiary/aromatic N) is 2. The van der Waals surface area contributed by atoms with Crippen LogP contribution in [0, 0.1) is 5.92 Å². The molecule has 7 heteroatoms. The fourth-order valence-electron chi connectivity index (χ4n) is 2.42. The molecule has 0 spiro atoms. The molecule has 1 heterocycles. The van der Waals surface area contributed by atoms with E-state index in [9.17, 15) is 9.90 Å². The number of hydrogen-bond donors (Lipinski definition) is 2. The van der Waals surface area contributed by atoms with Crippen molar-refractivity contribution < 1.29 is 9.84 Å². The lowest BCUT2D eigenvalue weighted by Crippen LogP contribution is -2.27. The molecule has 1 aromatic rings. The molecule has 0 aliphatic heterocycles. The normalized spacial score (nSPS) is 22.1. The van der Waals surface area contributed by atoms with Gasteiger partial charge in [0.05, 0.1) is 31.1 Å². The number of methoxy groups -OCH3 is 1. The van der Waals surface area contributed by atoms with Crippen molar-refractivity contribution in [2.75, 3.05) is 25.6 Å². The molecule has 112 valence electrons. The molecular formula is C13H20ClN3O3. The molecule has 0 bridgehead atoms. The molecule has 2 unspecified atom stereocenters. The number of halogens is 1. The maximum absolute atomic E-state index is 12.0. The molecule has 2 rings (SSSR count). The van der Waals surface area contributed by atoms with Crippen LogP contribution in [0.3, 0.4) is 0 Å². The largest absolute Gasteiger partial charge is 0.393 e.